The Balaban J connectivity index is 1.50. The lowest BCUT2D eigenvalue weighted by atomic mass is 10.1. The van der Waals surface area contributed by atoms with E-state index in [1.165, 1.54) is 6.42 Å². The molecular weight excluding hydrogens is 360 g/mol. The minimum Gasteiger partial charge on any atom is -0.485 e. The number of hydrogen-bond donors (Lipinski definition) is 1. The summed E-state index contributed by atoms with van der Waals surface area (Å²) in [6.45, 7) is 6.53. The molecule has 0 saturated heterocycles. The predicted octanol–water partition coefficient (Wildman–Crippen LogP) is 4.74. The van der Waals surface area contributed by atoms with Gasteiger partial charge in [0.05, 0.1) is 6.21 Å². The number of rotatable bonds is 6. The highest BCUT2D eigenvalue weighted by molar-refractivity contribution is 7.71. The average Bonchev–Trinajstić information content (AvgIpc) is 3.03. The Bertz CT molecular complexity index is 1030. The zero-order chi connectivity index (χ0) is 19.0. The van der Waals surface area contributed by atoms with Crippen molar-refractivity contribution in [1.29, 1.82) is 0 Å². The van der Waals surface area contributed by atoms with E-state index in [1.54, 1.807) is 10.9 Å². The van der Waals surface area contributed by atoms with E-state index in [0.29, 0.717) is 28.2 Å². The molecule has 4 rings (SSSR count). The van der Waals surface area contributed by atoms with Gasteiger partial charge in [-0.2, -0.15) is 14.9 Å². The Morgan fingerprint density at radius 1 is 1.33 bits per heavy atom. The molecule has 140 valence electrons. The van der Waals surface area contributed by atoms with Gasteiger partial charge in [0.25, 0.3) is 0 Å². The average molecular weight is 382 g/mol. The van der Waals surface area contributed by atoms with Gasteiger partial charge in [-0.05, 0) is 61.7 Å². The molecule has 1 aliphatic rings. The third-order valence-electron chi connectivity index (χ3n) is 4.89. The van der Waals surface area contributed by atoms with Crippen molar-refractivity contribution in [2.45, 2.75) is 39.7 Å². The second-order valence-electron chi connectivity index (χ2n) is 7.07. The van der Waals surface area contributed by atoms with Crippen LogP contribution in [0.15, 0.2) is 39.9 Å². The summed E-state index contributed by atoms with van der Waals surface area (Å²) < 4.78 is 13.8. The first-order chi connectivity index (χ1) is 13.0. The normalized spacial score (nSPS) is 18.9. The molecule has 0 unspecified atom stereocenters. The fourth-order valence-electron chi connectivity index (χ4n) is 3.17. The van der Waals surface area contributed by atoms with Crippen molar-refractivity contribution in [1.82, 2.24) is 14.9 Å². The third-order valence-corrected chi connectivity index (χ3v) is 5.16. The van der Waals surface area contributed by atoms with Crippen LogP contribution in [0.1, 0.15) is 47.7 Å². The molecule has 6 nitrogen and oxygen atoms in total. The number of furan rings is 1. The molecule has 1 saturated carbocycles. The Morgan fingerprint density at radius 3 is 2.78 bits per heavy atom. The molecule has 1 aliphatic carbocycles. The van der Waals surface area contributed by atoms with Crippen LogP contribution in [0.3, 0.4) is 0 Å². The van der Waals surface area contributed by atoms with Crippen LogP contribution in [0, 0.1) is 24.5 Å². The smallest absolute Gasteiger partial charge is 0.216 e. The highest BCUT2D eigenvalue weighted by Gasteiger charge is 2.36. The van der Waals surface area contributed by atoms with Crippen LogP contribution in [0.5, 0.6) is 5.75 Å². The first kappa shape index (κ1) is 17.7. The van der Waals surface area contributed by atoms with E-state index in [0.717, 1.165) is 22.6 Å². The van der Waals surface area contributed by atoms with E-state index in [-0.39, 0.29) is 6.61 Å². The summed E-state index contributed by atoms with van der Waals surface area (Å²) in [7, 11) is 0. The van der Waals surface area contributed by atoms with Crippen LogP contribution in [-0.2, 0) is 6.61 Å². The summed E-state index contributed by atoms with van der Waals surface area (Å²) in [5.74, 6) is 4.44. The molecule has 1 fully saturated rings. The zero-order valence-electron chi connectivity index (χ0n) is 15.6. The minimum atomic E-state index is 0.263. The van der Waals surface area contributed by atoms with E-state index in [2.05, 4.69) is 22.2 Å². The van der Waals surface area contributed by atoms with Crippen molar-refractivity contribution in [3.63, 3.8) is 0 Å². The molecule has 1 aromatic carbocycles. The zero-order valence-corrected chi connectivity index (χ0v) is 16.4. The number of nitrogens with zero attached hydrogens (tertiary/aromatic N) is 3. The highest BCUT2D eigenvalue weighted by atomic mass is 32.1. The minimum absolute atomic E-state index is 0.263. The monoisotopic (exact) mass is 382 g/mol. The van der Waals surface area contributed by atoms with Gasteiger partial charge in [0.2, 0.25) is 4.77 Å². The maximum atomic E-state index is 5.97. The summed E-state index contributed by atoms with van der Waals surface area (Å²) in [5, 5.41) is 11.4. The van der Waals surface area contributed by atoms with Gasteiger partial charge in [-0.3, -0.25) is 0 Å². The number of ether oxygens (including phenoxy) is 1. The molecular formula is C20H22N4O2S. The Morgan fingerprint density at radius 2 is 2.07 bits per heavy atom. The number of hydrogen-bond acceptors (Lipinski definition) is 5. The van der Waals surface area contributed by atoms with Gasteiger partial charge in [-0.15, -0.1) is 0 Å². The Labute approximate surface area is 162 Å². The number of benzene rings is 1. The number of nitrogens with one attached hydrogen (secondary N) is 1. The first-order valence-electron chi connectivity index (χ1n) is 9.02. The van der Waals surface area contributed by atoms with Crippen molar-refractivity contribution in [3.05, 3.63) is 63.6 Å². The van der Waals surface area contributed by atoms with E-state index in [4.69, 9.17) is 21.4 Å². The van der Waals surface area contributed by atoms with E-state index in [9.17, 15) is 0 Å². The summed E-state index contributed by atoms with van der Waals surface area (Å²) >= 11 is 5.29. The lowest BCUT2D eigenvalue weighted by Crippen LogP contribution is -2.05. The molecule has 2 heterocycles. The highest BCUT2D eigenvalue weighted by Crippen LogP contribution is 2.47. The van der Waals surface area contributed by atoms with Gasteiger partial charge < -0.3 is 9.15 Å². The fourth-order valence-corrected chi connectivity index (χ4v) is 3.37. The standard InChI is InChI=1S/C20H22N4O2S/c1-12-5-4-6-13(2)19(12)25-11-18-22-23-20(27)24(18)21-10-15-7-8-17(26-15)16-9-14(16)3/h4-8,10,14,16H,9,11H2,1-3H3,(H,23,27)/b21-10-/t14-,16-/m1/s1. The maximum Gasteiger partial charge on any atom is 0.216 e. The van der Waals surface area contributed by atoms with E-state index in [1.807, 2.05) is 44.2 Å². The van der Waals surface area contributed by atoms with Crippen molar-refractivity contribution < 1.29 is 9.15 Å². The van der Waals surface area contributed by atoms with Crippen LogP contribution >= 0.6 is 12.2 Å². The summed E-state index contributed by atoms with van der Waals surface area (Å²) in [4.78, 5) is 0. The number of aromatic amines is 1. The number of H-pyrrole nitrogens is 1. The SMILES string of the molecule is Cc1cccc(C)c1OCc1n[nH]c(=S)n1/N=C\c1ccc([C@@H]2C[C@H]2C)o1. The summed E-state index contributed by atoms with van der Waals surface area (Å²) in [6.07, 6.45) is 2.85. The Hall–Kier alpha value is -2.67. The van der Waals surface area contributed by atoms with E-state index >= 15 is 0 Å². The van der Waals surface area contributed by atoms with E-state index < -0.39 is 0 Å². The van der Waals surface area contributed by atoms with Crippen molar-refractivity contribution in [3.8, 4) is 5.75 Å². The van der Waals surface area contributed by atoms with Gasteiger partial charge in [0.15, 0.2) is 5.82 Å². The molecule has 27 heavy (non-hydrogen) atoms. The third kappa shape index (κ3) is 3.73. The fraction of sp³-hybridized carbons (Fsp3) is 0.350. The molecule has 3 aromatic rings. The maximum absolute atomic E-state index is 5.97. The van der Waals surface area contributed by atoms with Crippen molar-refractivity contribution >= 4 is 18.4 Å². The lowest BCUT2D eigenvalue weighted by molar-refractivity contribution is 0.287. The van der Waals surface area contributed by atoms with Gasteiger partial charge in [0.1, 0.15) is 23.9 Å². The molecule has 0 amide bonds. The topological polar surface area (TPSA) is 68.3 Å². The van der Waals surface area contributed by atoms with Crippen LogP contribution in [0.4, 0.5) is 0 Å². The number of para-hydroxylation sites is 1. The van der Waals surface area contributed by atoms with Gasteiger partial charge in [-0.25, -0.2) is 5.10 Å². The van der Waals surface area contributed by atoms with Gasteiger partial charge in [0, 0.05) is 5.92 Å². The van der Waals surface area contributed by atoms with Crippen LogP contribution in [0.25, 0.3) is 0 Å². The van der Waals surface area contributed by atoms with Gasteiger partial charge >= 0.3 is 0 Å². The Kier molecular flexibility index (Phi) is 4.70. The van der Waals surface area contributed by atoms with Crippen LogP contribution < -0.4 is 4.74 Å². The molecule has 2 aromatic heterocycles. The first-order valence-corrected chi connectivity index (χ1v) is 9.43. The van der Waals surface area contributed by atoms with Crippen molar-refractivity contribution in [2.75, 3.05) is 0 Å². The quantitative estimate of drug-likeness (QED) is 0.494. The molecule has 0 aliphatic heterocycles. The van der Waals surface area contributed by atoms with Crippen molar-refractivity contribution in [2.24, 2.45) is 11.0 Å². The molecule has 2 atom stereocenters. The number of aryl methyl sites for hydroxylation is 2. The molecule has 1 N–H and O–H groups in total. The summed E-state index contributed by atoms with van der Waals surface area (Å²) in [6, 6.07) is 10.0. The van der Waals surface area contributed by atoms with Crippen LogP contribution in [0.2, 0.25) is 0 Å². The second-order valence-corrected chi connectivity index (χ2v) is 7.46. The van der Waals surface area contributed by atoms with Gasteiger partial charge in [-0.1, -0.05) is 25.1 Å². The summed E-state index contributed by atoms with van der Waals surface area (Å²) in [5.41, 5.74) is 2.16. The molecule has 7 heteroatoms. The molecule has 0 radical (unpaired) electrons. The second kappa shape index (κ2) is 7.15. The largest absolute Gasteiger partial charge is 0.485 e. The lowest BCUT2D eigenvalue weighted by Gasteiger charge is -2.11. The van der Waals surface area contributed by atoms with Crippen LogP contribution in [-0.4, -0.2) is 21.1 Å². The number of aromatic nitrogens is 3. The molecule has 0 spiro atoms. The predicted molar refractivity (Wildman–Crippen MR) is 106 cm³/mol. The molecule has 0 bridgehead atoms.